The lowest BCUT2D eigenvalue weighted by molar-refractivity contribution is 0.0696. The molecule has 0 aliphatic heterocycles. The highest BCUT2D eigenvalue weighted by Gasteiger charge is 2.23. The van der Waals surface area contributed by atoms with Crippen LogP contribution in [0.2, 0.25) is 0 Å². The lowest BCUT2D eigenvalue weighted by Gasteiger charge is -2.27. The van der Waals surface area contributed by atoms with Crippen LogP contribution in [0.15, 0.2) is 24.3 Å². The van der Waals surface area contributed by atoms with Crippen LogP contribution in [0.3, 0.4) is 0 Å². The van der Waals surface area contributed by atoms with E-state index >= 15 is 0 Å². The van der Waals surface area contributed by atoms with Crippen LogP contribution in [0.5, 0.6) is 0 Å². The Bertz CT molecular complexity index is 612. The molecule has 1 fully saturated rings. The second-order valence-corrected chi connectivity index (χ2v) is 7.61. The highest BCUT2D eigenvalue weighted by Crippen LogP contribution is 2.24. The molecule has 6 heteroatoms. The van der Waals surface area contributed by atoms with Crippen molar-refractivity contribution in [2.45, 2.75) is 44.4 Å². The molecule has 2 unspecified atom stereocenters. The zero-order chi connectivity index (χ0) is 15.5. The second kappa shape index (κ2) is 6.58. The Morgan fingerprint density at radius 3 is 2.81 bits per heavy atom. The molecule has 0 spiro atoms. The monoisotopic (exact) mass is 311 g/mol. The number of hydrogen-bond acceptors (Lipinski definition) is 3. The smallest absolute Gasteiger partial charge is 0.335 e. The van der Waals surface area contributed by atoms with Crippen molar-refractivity contribution in [3.05, 3.63) is 35.4 Å². The molecule has 0 aromatic heterocycles. The van der Waals surface area contributed by atoms with Crippen LogP contribution in [0.4, 0.5) is 0 Å². The molecule has 0 amide bonds. The molecule has 0 heterocycles. The van der Waals surface area contributed by atoms with Gasteiger partial charge in [-0.1, -0.05) is 31.9 Å². The summed E-state index contributed by atoms with van der Waals surface area (Å²) in [5.41, 5.74) is 0.597. The van der Waals surface area contributed by atoms with Gasteiger partial charge in [0.1, 0.15) is 0 Å². The van der Waals surface area contributed by atoms with Gasteiger partial charge in [0.05, 0.1) is 11.3 Å². The topological polar surface area (TPSA) is 83.5 Å². The van der Waals surface area contributed by atoms with Gasteiger partial charge in [-0.15, -0.1) is 0 Å². The van der Waals surface area contributed by atoms with E-state index in [2.05, 4.69) is 11.6 Å². The average molecular weight is 311 g/mol. The Labute approximate surface area is 125 Å². The van der Waals surface area contributed by atoms with Crippen molar-refractivity contribution in [2.24, 2.45) is 5.92 Å². The maximum atomic E-state index is 12.2. The maximum Gasteiger partial charge on any atom is 0.335 e. The predicted molar refractivity (Wildman–Crippen MR) is 80.6 cm³/mol. The van der Waals surface area contributed by atoms with E-state index in [9.17, 15) is 13.2 Å². The van der Waals surface area contributed by atoms with E-state index in [1.54, 1.807) is 12.1 Å². The third-order valence-corrected chi connectivity index (χ3v) is 5.22. The first-order valence-electron chi connectivity index (χ1n) is 7.18. The van der Waals surface area contributed by atoms with Crippen LogP contribution >= 0.6 is 0 Å². The number of carbonyl (C=O) groups is 1. The van der Waals surface area contributed by atoms with Crippen LogP contribution < -0.4 is 4.72 Å². The minimum Gasteiger partial charge on any atom is -0.478 e. The number of rotatable bonds is 5. The van der Waals surface area contributed by atoms with Gasteiger partial charge in [0, 0.05) is 6.04 Å². The summed E-state index contributed by atoms with van der Waals surface area (Å²) < 4.78 is 27.1. The zero-order valence-corrected chi connectivity index (χ0v) is 12.9. The first-order valence-corrected chi connectivity index (χ1v) is 8.83. The number of carboxylic acid groups (broad SMARTS) is 1. The van der Waals surface area contributed by atoms with Crippen molar-refractivity contribution in [2.75, 3.05) is 0 Å². The van der Waals surface area contributed by atoms with Crippen molar-refractivity contribution in [1.82, 2.24) is 4.72 Å². The molecule has 5 nitrogen and oxygen atoms in total. The number of hydrogen-bond donors (Lipinski definition) is 2. The van der Waals surface area contributed by atoms with Gasteiger partial charge in [0.25, 0.3) is 0 Å². The number of nitrogens with one attached hydrogen (secondary N) is 1. The molecule has 0 saturated heterocycles. The summed E-state index contributed by atoms with van der Waals surface area (Å²) in [7, 11) is -3.44. The van der Waals surface area contributed by atoms with Gasteiger partial charge in [-0.25, -0.2) is 17.9 Å². The van der Waals surface area contributed by atoms with E-state index in [4.69, 9.17) is 5.11 Å². The van der Waals surface area contributed by atoms with Crippen LogP contribution in [0.1, 0.15) is 48.5 Å². The van der Waals surface area contributed by atoms with E-state index in [-0.39, 0.29) is 17.4 Å². The van der Waals surface area contributed by atoms with Gasteiger partial charge in [-0.2, -0.15) is 0 Å². The fourth-order valence-electron chi connectivity index (χ4n) is 2.85. The molecule has 2 N–H and O–H groups in total. The van der Waals surface area contributed by atoms with Crippen molar-refractivity contribution >= 4 is 16.0 Å². The SMILES string of the molecule is CC1CCCC(NS(=O)(=O)Cc2cccc(C(=O)O)c2)C1. The van der Waals surface area contributed by atoms with E-state index in [0.717, 1.165) is 25.7 Å². The fraction of sp³-hybridized carbons (Fsp3) is 0.533. The third kappa shape index (κ3) is 4.82. The summed E-state index contributed by atoms with van der Waals surface area (Å²) >= 11 is 0. The minimum atomic E-state index is -3.44. The van der Waals surface area contributed by atoms with Crippen molar-refractivity contribution in [3.63, 3.8) is 0 Å². The molecule has 1 saturated carbocycles. The molecule has 1 aromatic rings. The molecule has 1 aliphatic rings. The molecular formula is C15H21NO4S. The number of sulfonamides is 1. The largest absolute Gasteiger partial charge is 0.478 e. The van der Waals surface area contributed by atoms with E-state index in [1.165, 1.54) is 12.1 Å². The molecule has 1 aromatic carbocycles. The molecule has 116 valence electrons. The zero-order valence-electron chi connectivity index (χ0n) is 12.1. The Balaban J connectivity index is 2.03. The summed E-state index contributed by atoms with van der Waals surface area (Å²) in [6.07, 6.45) is 3.94. The van der Waals surface area contributed by atoms with Crippen molar-refractivity contribution < 1.29 is 18.3 Å². The summed E-state index contributed by atoms with van der Waals surface area (Å²) in [6, 6.07) is 6.06. The van der Waals surface area contributed by atoms with Crippen LogP contribution in [-0.2, 0) is 15.8 Å². The van der Waals surface area contributed by atoms with Crippen molar-refractivity contribution in [3.8, 4) is 0 Å². The quantitative estimate of drug-likeness (QED) is 0.874. The molecule has 2 atom stereocenters. The van der Waals surface area contributed by atoms with Crippen LogP contribution in [0.25, 0.3) is 0 Å². The standard InChI is InChI=1S/C15H21NO4S/c1-11-4-2-7-14(8-11)16-21(19,20)10-12-5-3-6-13(9-12)15(17)18/h3,5-6,9,11,14,16H,2,4,7-8,10H2,1H3,(H,17,18). The summed E-state index contributed by atoms with van der Waals surface area (Å²) in [5.74, 6) is -0.691. The molecular weight excluding hydrogens is 290 g/mol. The van der Waals surface area contributed by atoms with Crippen LogP contribution in [0, 0.1) is 5.92 Å². The third-order valence-electron chi connectivity index (χ3n) is 3.81. The first-order chi connectivity index (χ1) is 9.85. The molecule has 0 radical (unpaired) electrons. The van der Waals surface area contributed by atoms with Gasteiger partial charge in [-0.3, -0.25) is 0 Å². The molecule has 0 bridgehead atoms. The molecule has 1 aliphatic carbocycles. The first kappa shape index (κ1) is 16.0. The predicted octanol–water partition coefficient (Wildman–Crippen LogP) is 2.38. The fourth-order valence-corrected chi connectivity index (χ4v) is 4.27. The normalized spacial score (nSPS) is 22.9. The van der Waals surface area contributed by atoms with Crippen molar-refractivity contribution in [1.29, 1.82) is 0 Å². The Morgan fingerprint density at radius 1 is 1.38 bits per heavy atom. The van der Waals surface area contributed by atoms with Gasteiger partial charge in [0.15, 0.2) is 0 Å². The maximum absolute atomic E-state index is 12.2. The highest BCUT2D eigenvalue weighted by atomic mass is 32.2. The lowest BCUT2D eigenvalue weighted by Crippen LogP contribution is -2.38. The van der Waals surface area contributed by atoms with Crippen LogP contribution in [-0.4, -0.2) is 25.5 Å². The summed E-state index contributed by atoms with van der Waals surface area (Å²) in [6.45, 7) is 2.14. The van der Waals surface area contributed by atoms with Gasteiger partial charge < -0.3 is 5.11 Å². The average Bonchev–Trinajstić information content (AvgIpc) is 2.37. The molecule has 2 rings (SSSR count). The van der Waals surface area contributed by atoms with E-state index < -0.39 is 16.0 Å². The summed E-state index contributed by atoms with van der Waals surface area (Å²) in [4.78, 5) is 10.9. The van der Waals surface area contributed by atoms with Gasteiger partial charge in [0.2, 0.25) is 10.0 Å². The van der Waals surface area contributed by atoms with E-state index in [0.29, 0.717) is 11.5 Å². The highest BCUT2D eigenvalue weighted by molar-refractivity contribution is 7.88. The van der Waals surface area contributed by atoms with E-state index in [1.807, 2.05) is 0 Å². The Morgan fingerprint density at radius 2 is 2.14 bits per heavy atom. The second-order valence-electron chi connectivity index (χ2n) is 5.85. The Kier molecular flexibility index (Phi) is 5.00. The minimum absolute atomic E-state index is 0.00130. The van der Waals surface area contributed by atoms with Gasteiger partial charge >= 0.3 is 5.97 Å². The number of aromatic carboxylic acids is 1. The lowest BCUT2D eigenvalue weighted by atomic mass is 9.88. The number of carboxylic acids is 1. The molecule has 21 heavy (non-hydrogen) atoms. The Hall–Kier alpha value is -1.40. The van der Waals surface area contributed by atoms with Gasteiger partial charge in [-0.05, 0) is 36.5 Å². The number of benzene rings is 1. The summed E-state index contributed by atoms with van der Waals surface area (Å²) in [5, 5.41) is 8.93.